The highest BCUT2D eigenvalue weighted by molar-refractivity contribution is 9.10. The molecule has 6 nitrogen and oxygen atoms in total. The number of hydrogen-bond donors (Lipinski definition) is 1. The fourth-order valence-corrected chi connectivity index (χ4v) is 5.18. The molecule has 5 rings (SSSR count). The lowest BCUT2D eigenvalue weighted by molar-refractivity contribution is 0.0377. The summed E-state index contributed by atoms with van der Waals surface area (Å²) in [6.45, 7) is 5.63. The predicted octanol–water partition coefficient (Wildman–Crippen LogP) is 7.34. The number of carbonyl (C=O) groups is 1. The molecule has 1 saturated carbocycles. The Morgan fingerprint density at radius 2 is 1.75 bits per heavy atom. The van der Waals surface area contributed by atoms with E-state index < -0.39 is 11.1 Å². The quantitative estimate of drug-likeness (QED) is 0.283. The van der Waals surface area contributed by atoms with E-state index in [-0.39, 0.29) is 6.09 Å². The minimum Gasteiger partial charge on any atom is -0.493 e. The molecule has 0 aliphatic heterocycles. The average molecular weight is 548 g/mol. The van der Waals surface area contributed by atoms with Crippen molar-refractivity contribution >= 4 is 27.7 Å². The summed E-state index contributed by atoms with van der Waals surface area (Å²) in [5.41, 5.74) is 4.81. The molecule has 1 aliphatic rings. The zero-order valence-electron chi connectivity index (χ0n) is 21.0. The largest absolute Gasteiger partial charge is 0.493 e. The number of nitrogens with one attached hydrogen (secondary N) is 1. The minimum absolute atomic E-state index is 0.379. The minimum atomic E-state index is -0.536. The van der Waals surface area contributed by atoms with Crippen LogP contribution in [-0.2, 0) is 10.3 Å². The van der Waals surface area contributed by atoms with E-state index in [0.717, 1.165) is 57.5 Å². The number of benzene rings is 2. The standard InChI is InChI=1S/C29H30BrN3O3/c1-28(2,3)36-27(34)32-29(15-8-16-29)21-13-11-19(12-14-21)24-25(20-9-6-5-7-10-20)33-18-22(30)17-23(35-4)26(33)31-24/h5-7,9-14,17-18H,8,15-16H2,1-4H3,(H,32,34). The summed E-state index contributed by atoms with van der Waals surface area (Å²) >= 11 is 3.61. The first-order valence-electron chi connectivity index (χ1n) is 12.1. The van der Waals surface area contributed by atoms with Gasteiger partial charge in [-0.25, -0.2) is 9.78 Å². The van der Waals surface area contributed by atoms with Crippen LogP contribution in [0.2, 0.25) is 0 Å². The van der Waals surface area contributed by atoms with Crippen molar-refractivity contribution in [1.29, 1.82) is 0 Å². The molecule has 0 spiro atoms. The zero-order chi connectivity index (χ0) is 25.5. The second-order valence-electron chi connectivity index (χ2n) is 10.2. The first kappa shape index (κ1) is 24.4. The van der Waals surface area contributed by atoms with E-state index in [1.165, 1.54) is 0 Å². The Kier molecular flexibility index (Phi) is 6.29. The summed E-state index contributed by atoms with van der Waals surface area (Å²) in [6, 6.07) is 20.5. The van der Waals surface area contributed by atoms with E-state index in [2.05, 4.69) is 62.0 Å². The first-order chi connectivity index (χ1) is 17.2. The summed E-state index contributed by atoms with van der Waals surface area (Å²) in [5, 5.41) is 3.14. The zero-order valence-corrected chi connectivity index (χ0v) is 22.6. The molecule has 186 valence electrons. The molecule has 4 aromatic rings. The summed E-state index contributed by atoms with van der Waals surface area (Å²) in [4.78, 5) is 17.6. The number of alkyl carbamates (subject to hydrolysis) is 1. The van der Waals surface area contributed by atoms with Crippen LogP contribution in [0.3, 0.4) is 0 Å². The fraction of sp³-hybridized carbons (Fsp3) is 0.310. The van der Waals surface area contributed by atoms with Crippen molar-refractivity contribution < 1.29 is 14.3 Å². The van der Waals surface area contributed by atoms with Gasteiger partial charge in [0.05, 0.1) is 24.0 Å². The lowest BCUT2D eigenvalue weighted by atomic mass is 9.71. The molecule has 0 bridgehead atoms. The molecule has 0 atom stereocenters. The molecule has 7 heteroatoms. The number of imidazole rings is 1. The normalized spacial score (nSPS) is 14.8. The molecule has 0 unspecified atom stereocenters. The van der Waals surface area contributed by atoms with Gasteiger partial charge < -0.3 is 14.8 Å². The van der Waals surface area contributed by atoms with Gasteiger partial charge >= 0.3 is 6.09 Å². The third kappa shape index (κ3) is 4.60. The maximum atomic E-state index is 12.6. The molecule has 2 aromatic carbocycles. The van der Waals surface area contributed by atoms with Crippen molar-refractivity contribution in [2.24, 2.45) is 0 Å². The Morgan fingerprint density at radius 1 is 1.06 bits per heavy atom. The van der Waals surface area contributed by atoms with Crippen LogP contribution in [0.4, 0.5) is 4.79 Å². The van der Waals surface area contributed by atoms with Crippen LogP contribution in [0.5, 0.6) is 5.75 Å². The van der Waals surface area contributed by atoms with Crippen molar-refractivity contribution in [1.82, 2.24) is 14.7 Å². The van der Waals surface area contributed by atoms with Crippen LogP contribution in [0.1, 0.15) is 45.6 Å². The summed E-state index contributed by atoms with van der Waals surface area (Å²) in [5.74, 6) is 0.694. The van der Waals surface area contributed by atoms with Crippen molar-refractivity contribution in [3.63, 3.8) is 0 Å². The van der Waals surface area contributed by atoms with Gasteiger partial charge in [0.1, 0.15) is 5.60 Å². The van der Waals surface area contributed by atoms with Gasteiger partial charge in [0.15, 0.2) is 11.4 Å². The molecule has 36 heavy (non-hydrogen) atoms. The molecule has 2 aromatic heterocycles. The number of pyridine rings is 1. The molecule has 0 saturated heterocycles. The highest BCUT2D eigenvalue weighted by Gasteiger charge is 2.41. The van der Waals surface area contributed by atoms with E-state index in [9.17, 15) is 4.79 Å². The average Bonchev–Trinajstić information content (AvgIpc) is 3.19. The van der Waals surface area contributed by atoms with Crippen molar-refractivity contribution in [3.05, 3.63) is 76.9 Å². The number of ether oxygens (including phenoxy) is 2. The fourth-order valence-electron chi connectivity index (χ4n) is 4.77. The Bertz CT molecular complexity index is 1400. The number of rotatable bonds is 5. The topological polar surface area (TPSA) is 64.9 Å². The van der Waals surface area contributed by atoms with E-state index in [4.69, 9.17) is 14.5 Å². The van der Waals surface area contributed by atoms with Crippen LogP contribution in [0.15, 0.2) is 71.3 Å². The van der Waals surface area contributed by atoms with Gasteiger partial charge in [-0.2, -0.15) is 0 Å². The second-order valence-corrected chi connectivity index (χ2v) is 11.2. The molecule has 1 N–H and O–H groups in total. The Hall–Kier alpha value is -3.32. The second kappa shape index (κ2) is 9.28. The van der Waals surface area contributed by atoms with Crippen LogP contribution in [0, 0.1) is 0 Å². The van der Waals surface area contributed by atoms with Gasteiger partial charge in [-0.1, -0.05) is 54.6 Å². The predicted molar refractivity (Wildman–Crippen MR) is 145 cm³/mol. The van der Waals surface area contributed by atoms with Gasteiger partial charge in [0, 0.05) is 21.8 Å². The Balaban J connectivity index is 1.56. The van der Waals surface area contributed by atoms with Gasteiger partial charge in [0.25, 0.3) is 0 Å². The monoisotopic (exact) mass is 547 g/mol. The summed E-state index contributed by atoms with van der Waals surface area (Å²) < 4.78 is 14.1. The molecule has 2 heterocycles. The molecular weight excluding hydrogens is 518 g/mol. The lowest BCUT2D eigenvalue weighted by Crippen LogP contribution is -2.52. The van der Waals surface area contributed by atoms with E-state index >= 15 is 0 Å². The van der Waals surface area contributed by atoms with Crippen LogP contribution in [0.25, 0.3) is 28.2 Å². The van der Waals surface area contributed by atoms with Crippen LogP contribution < -0.4 is 10.1 Å². The van der Waals surface area contributed by atoms with Gasteiger partial charge in [-0.05, 0) is 67.6 Å². The van der Waals surface area contributed by atoms with Crippen LogP contribution in [-0.4, -0.2) is 28.2 Å². The van der Waals surface area contributed by atoms with Crippen molar-refractivity contribution in [2.75, 3.05) is 7.11 Å². The van der Waals surface area contributed by atoms with E-state index in [1.807, 2.05) is 51.2 Å². The van der Waals surface area contributed by atoms with Gasteiger partial charge in [0.2, 0.25) is 0 Å². The molecule has 1 aliphatic carbocycles. The smallest absolute Gasteiger partial charge is 0.408 e. The lowest BCUT2D eigenvalue weighted by Gasteiger charge is -2.43. The van der Waals surface area contributed by atoms with E-state index in [0.29, 0.717) is 5.75 Å². The third-order valence-corrected chi connectivity index (χ3v) is 7.01. The summed E-state index contributed by atoms with van der Waals surface area (Å²) in [7, 11) is 1.66. The molecule has 1 amide bonds. The Labute approximate surface area is 219 Å². The Morgan fingerprint density at radius 3 is 2.33 bits per heavy atom. The summed E-state index contributed by atoms with van der Waals surface area (Å²) in [6.07, 6.45) is 4.48. The highest BCUT2D eigenvalue weighted by Crippen LogP contribution is 2.43. The number of carbonyl (C=O) groups excluding carboxylic acids is 1. The number of hydrogen-bond acceptors (Lipinski definition) is 4. The first-order valence-corrected chi connectivity index (χ1v) is 12.9. The number of amides is 1. The van der Waals surface area contributed by atoms with Crippen molar-refractivity contribution in [2.45, 2.75) is 51.2 Å². The maximum absolute atomic E-state index is 12.6. The van der Waals surface area contributed by atoms with Crippen molar-refractivity contribution in [3.8, 4) is 28.3 Å². The number of halogens is 1. The third-order valence-electron chi connectivity index (χ3n) is 6.58. The molecule has 1 fully saturated rings. The maximum Gasteiger partial charge on any atom is 0.408 e. The number of fused-ring (bicyclic) bond motifs is 1. The van der Waals surface area contributed by atoms with Crippen LogP contribution >= 0.6 is 15.9 Å². The SMILES string of the molecule is COc1cc(Br)cn2c(-c3ccccc3)c(-c3ccc(C4(NC(=O)OC(C)(C)C)CCC4)cc3)nc12. The number of methoxy groups -OCH3 is 1. The molecular formula is C29H30BrN3O3. The molecule has 0 radical (unpaired) electrons. The van der Waals surface area contributed by atoms with Gasteiger partial charge in [-0.15, -0.1) is 0 Å². The number of nitrogens with zero attached hydrogens (tertiary/aromatic N) is 2. The highest BCUT2D eigenvalue weighted by atomic mass is 79.9. The number of aromatic nitrogens is 2. The van der Waals surface area contributed by atoms with E-state index in [1.54, 1.807) is 7.11 Å². The van der Waals surface area contributed by atoms with Gasteiger partial charge in [-0.3, -0.25) is 4.40 Å².